The first kappa shape index (κ1) is 11.3. The van der Waals surface area contributed by atoms with Gasteiger partial charge in [-0.15, -0.1) is 0 Å². The molecule has 1 aromatic heterocycles. The van der Waals surface area contributed by atoms with Crippen LogP contribution in [0.25, 0.3) is 0 Å². The SMILES string of the molecule is CCCCn1c(CCC)nc(C)c1C. The highest BCUT2D eigenvalue weighted by molar-refractivity contribution is 5.14. The molecule has 0 saturated heterocycles. The number of nitrogens with zero attached hydrogens (tertiary/aromatic N) is 2. The van der Waals surface area contributed by atoms with Crippen molar-refractivity contribution in [2.45, 2.75) is 59.9 Å². The molecule has 0 aliphatic rings. The van der Waals surface area contributed by atoms with E-state index in [1.165, 1.54) is 36.5 Å². The second-order valence-corrected chi connectivity index (χ2v) is 3.95. The Labute approximate surface area is 87.4 Å². The summed E-state index contributed by atoms with van der Waals surface area (Å²) in [5.41, 5.74) is 2.55. The van der Waals surface area contributed by atoms with E-state index in [2.05, 4.69) is 37.2 Å². The lowest BCUT2D eigenvalue weighted by atomic mass is 10.3. The van der Waals surface area contributed by atoms with Gasteiger partial charge in [0.15, 0.2) is 0 Å². The van der Waals surface area contributed by atoms with E-state index >= 15 is 0 Å². The van der Waals surface area contributed by atoms with E-state index < -0.39 is 0 Å². The Morgan fingerprint density at radius 3 is 2.43 bits per heavy atom. The number of hydrogen-bond donors (Lipinski definition) is 0. The molecule has 0 unspecified atom stereocenters. The van der Waals surface area contributed by atoms with Gasteiger partial charge in [0.1, 0.15) is 5.82 Å². The fourth-order valence-corrected chi connectivity index (χ4v) is 1.75. The monoisotopic (exact) mass is 194 g/mol. The number of unbranched alkanes of at least 4 members (excludes halogenated alkanes) is 1. The van der Waals surface area contributed by atoms with E-state index in [1.54, 1.807) is 0 Å². The lowest BCUT2D eigenvalue weighted by molar-refractivity contribution is 0.586. The van der Waals surface area contributed by atoms with Crippen molar-refractivity contribution >= 4 is 0 Å². The molecule has 0 bridgehead atoms. The van der Waals surface area contributed by atoms with E-state index in [-0.39, 0.29) is 0 Å². The van der Waals surface area contributed by atoms with Gasteiger partial charge in [0, 0.05) is 18.7 Å². The molecule has 0 aliphatic heterocycles. The van der Waals surface area contributed by atoms with Gasteiger partial charge < -0.3 is 4.57 Å². The molecule has 2 nitrogen and oxygen atoms in total. The molecule has 80 valence electrons. The van der Waals surface area contributed by atoms with Crippen LogP contribution >= 0.6 is 0 Å². The maximum atomic E-state index is 4.62. The second kappa shape index (κ2) is 5.18. The third kappa shape index (κ3) is 2.37. The largest absolute Gasteiger partial charge is 0.332 e. The summed E-state index contributed by atoms with van der Waals surface area (Å²) < 4.78 is 2.39. The summed E-state index contributed by atoms with van der Waals surface area (Å²) in [5, 5.41) is 0. The fourth-order valence-electron chi connectivity index (χ4n) is 1.75. The van der Waals surface area contributed by atoms with Crippen LogP contribution in [0.1, 0.15) is 50.3 Å². The first-order valence-corrected chi connectivity index (χ1v) is 5.73. The van der Waals surface area contributed by atoms with Gasteiger partial charge in [0.25, 0.3) is 0 Å². The zero-order valence-corrected chi connectivity index (χ0v) is 9.93. The predicted octanol–water partition coefficient (Wildman–Crippen LogP) is 3.25. The van der Waals surface area contributed by atoms with Gasteiger partial charge >= 0.3 is 0 Å². The Hall–Kier alpha value is -0.790. The number of aromatic nitrogens is 2. The summed E-state index contributed by atoms with van der Waals surface area (Å²) >= 11 is 0. The Balaban J connectivity index is 2.85. The van der Waals surface area contributed by atoms with Crippen LogP contribution in [0.15, 0.2) is 0 Å². The Morgan fingerprint density at radius 1 is 1.14 bits per heavy atom. The summed E-state index contributed by atoms with van der Waals surface area (Å²) in [4.78, 5) is 4.62. The summed E-state index contributed by atoms with van der Waals surface area (Å²) in [6.45, 7) is 9.87. The zero-order chi connectivity index (χ0) is 10.6. The maximum Gasteiger partial charge on any atom is 0.109 e. The normalized spacial score (nSPS) is 10.9. The molecule has 0 aliphatic carbocycles. The highest BCUT2D eigenvalue weighted by atomic mass is 15.1. The molecule has 0 fully saturated rings. The highest BCUT2D eigenvalue weighted by Gasteiger charge is 2.08. The van der Waals surface area contributed by atoms with Crippen LogP contribution in [0.4, 0.5) is 0 Å². The van der Waals surface area contributed by atoms with Crippen molar-refractivity contribution in [1.82, 2.24) is 9.55 Å². The molecule has 0 amide bonds. The first-order valence-electron chi connectivity index (χ1n) is 5.73. The fraction of sp³-hybridized carbons (Fsp3) is 0.750. The van der Waals surface area contributed by atoms with Crippen molar-refractivity contribution in [3.63, 3.8) is 0 Å². The lowest BCUT2D eigenvalue weighted by Crippen LogP contribution is -2.05. The number of imidazole rings is 1. The zero-order valence-electron chi connectivity index (χ0n) is 9.93. The van der Waals surface area contributed by atoms with E-state index in [9.17, 15) is 0 Å². The quantitative estimate of drug-likeness (QED) is 0.703. The van der Waals surface area contributed by atoms with Crippen LogP contribution in [0.5, 0.6) is 0 Å². The van der Waals surface area contributed by atoms with Crippen LogP contribution in [-0.2, 0) is 13.0 Å². The first-order chi connectivity index (χ1) is 6.70. The minimum absolute atomic E-state index is 1.11. The molecule has 1 rings (SSSR count). The minimum Gasteiger partial charge on any atom is -0.332 e. The lowest BCUT2D eigenvalue weighted by Gasteiger charge is -2.08. The van der Waals surface area contributed by atoms with E-state index in [4.69, 9.17) is 0 Å². The van der Waals surface area contributed by atoms with Crippen molar-refractivity contribution in [1.29, 1.82) is 0 Å². The standard InChI is InChI=1S/C12H22N2/c1-5-7-9-14-11(4)10(3)13-12(14)8-6-2/h5-9H2,1-4H3. The molecule has 2 heteroatoms. The van der Waals surface area contributed by atoms with Crippen molar-refractivity contribution < 1.29 is 0 Å². The molecule has 1 heterocycles. The number of rotatable bonds is 5. The molecule has 0 radical (unpaired) electrons. The topological polar surface area (TPSA) is 17.8 Å². The number of hydrogen-bond acceptors (Lipinski definition) is 1. The highest BCUT2D eigenvalue weighted by Crippen LogP contribution is 2.13. The van der Waals surface area contributed by atoms with E-state index in [1.807, 2.05) is 0 Å². The van der Waals surface area contributed by atoms with Crippen LogP contribution in [-0.4, -0.2) is 9.55 Å². The summed E-state index contributed by atoms with van der Waals surface area (Å²) in [6.07, 6.45) is 4.80. The van der Waals surface area contributed by atoms with Crippen molar-refractivity contribution in [3.8, 4) is 0 Å². The van der Waals surface area contributed by atoms with Gasteiger partial charge in [-0.3, -0.25) is 0 Å². The van der Waals surface area contributed by atoms with E-state index in [0.29, 0.717) is 0 Å². The Kier molecular flexibility index (Phi) is 4.18. The Morgan fingerprint density at radius 2 is 1.86 bits per heavy atom. The maximum absolute atomic E-state index is 4.62. The summed E-state index contributed by atoms with van der Waals surface area (Å²) in [7, 11) is 0. The second-order valence-electron chi connectivity index (χ2n) is 3.95. The number of aryl methyl sites for hydroxylation is 2. The van der Waals surface area contributed by atoms with Gasteiger partial charge in [-0.05, 0) is 26.7 Å². The molecular weight excluding hydrogens is 172 g/mol. The van der Waals surface area contributed by atoms with Gasteiger partial charge in [0.2, 0.25) is 0 Å². The molecular formula is C12H22N2. The smallest absolute Gasteiger partial charge is 0.109 e. The molecule has 0 saturated carbocycles. The van der Waals surface area contributed by atoms with Crippen molar-refractivity contribution in [3.05, 3.63) is 17.2 Å². The van der Waals surface area contributed by atoms with Crippen molar-refractivity contribution in [2.24, 2.45) is 0 Å². The Bertz CT molecular complexity index is 287. The third-order valence-corrected chi connectivity index (χ3v) is 2.75. The van der Waals surface area contributed by atoms with Crippen LogP contribution in [0, 0.1) is 13.8 Å². The van der Waals surface area contributed by atoms with Gasteiger partial charge in [0.05, 0.1) is 5.69 Å². The molecule has 0 spiro atoms. The molecule has 14 heavy (non-hydrogen) atoms. The molecule has 0 atom stereocenters. The van der Waals surface area contributed by atoms with Gasteiger partial charge in [-0.25, -0.2) is 4.98 Å². The van der Waals surface area contributed by atoms with Gasteiger partial charge in [-0.2, -0.15) is 0 Å². The van der Waals surface area contributed by atoms with Gasteiger partial charge in [-0.1, -0.05) is 20.3 Å². The van der Waals surface area contributed by atoms with Crippen LogP contribution < -0.4 is 0 Å². The third-order valence-electron chi connectivity index (χ3n) is 2.75. The summed E-state index contributed by atoms with van der Waals surface area (Å²) in [5.74, 6) is 1.27. The average molecular weight is 194 g/mol. The minimum atomic E-state index is 1.11. The molecule has 0 aromatic carbocycles. The summed E-state index contributed by atoms with van der Waals surface area (Å²) in [6, 6.07) is 0. The van der Waals surface area contributed by atoms with Crippen LogP contribution in [0.2, 0.25) is 0 Å². The van der Waals surface area contributed by atoms with E-state index in [0.717, 1.165) is 13.0 Å². The molecule has 1 aromatic rings. The predicted molar refractivity (Wildman–Crippen MR) is 60.6 cm³/mol. The average Bonchev–Trinajstić information content (AvgIpc) is 2.42. The van der Waals surface area contributed by atoms with Crippen molar-refractivity contribution in [2.75, 3.05) is 0 Å². The van der Waals surface area contributed by atoms with Crippen LogP contribution in [0.3, 0.4) is 0 Å². The molecule has 0 N–H and O–H groups in total.